The molecule has 4 heteroatoms. The first-order valence-electron chi connectivity index (χ1n) is 5.29. The van der Waals surface area contributed by atoms with E-state index in [2.05, 4.69) is 0 Å². The third-order valence-electron chi connectivity index (χ3n) is 2.74. The van der Waals surface area contributed by atoms with Crippen LogP contribution in [0.1, 0.15) is 21.7 Å². The Hall–Kier alpha value is -1.74. The number of ether oxygens (including phenoxy) is 1. The van der Waals surface area contributed by atoms with Crippen LogP contribution in [0.2, 0.25) is 5.02 Å². The molecule has 2 aromatic rings. The molecule has 0 saturated heterocycles. The molecule has 0 aliphatic carbocycles. The molecular weight excluding hydrogens is 240 g/mol. The largest absolute Gasteiger partial charge is 0.492 e. The summed E-state index contributed by atoms with van der Waals surface area (Å²) in [6, 6.07) is 6.77. The fourth-order valence-corrected chi connectivity index (χ4v) is 2.22. The van der Waals surface area contributed by atoms with Gasteiger partial charge in [-0.25, -0.2) is 0 Å². The van der Waals surface area contributed by atoms with Gasteiger partial charge in [-0.3, -0.25) is 4.79 Å². The molecule has 0 radical (unpaired) electrons. The standard InChI is InChI=1S/C13H9ClO3/c14-9-6-8-3-5-17-13(8)10(7-9)12(15)11-2-1-4-16-11/h1-2,4,6-7H,3,5H2. The Morgan fingerprint density at radius 3 is 3.00 bits per heavy atom. The molecule has 1 aromatic carbocycles. The van der Waals surface area contributed by atoms with Crippen molar-refractivity contribution in [2.45, 2.75) is 6.42 Å². The molecule has 1 aliphatic rings. The van der Waals surface area contributed by atoms with Gasteiger partial charge in [0.15, 0.2) is 5.76 Å². The molecule has 0 atom stereocenters. The fourth-order valence-electron chi connectivity index (χ4n) is 1.98. The van der Waals surface area contributed by atoms with Gasteiger partial charge in [0, 0.05) is 11.4 Å². The van der Waals surface area contributed by atoms with Gasteiger partial charge in [-0.1, -0.05) is 11.6 Å². The molecule has 0 N–H and O–H groups in total. The Balaban J connectivity index is 2.12. The number of furan rings is 1. The van der Waals surface area contributed by atoms with Crippen molar-refractivity contribution < 1.29 is 13.9 Å². The molecule has 0 unspecified atom stereocenters. The van der Waals surface area contributed by atoms with E-state index in [0.29, 0.717) is 28.7 Å². The molecular formula is C13H9ClO3. The molecule has 3 rings (SSSR count). The number of fused-ring (bicyclic) bond motifs is 1. The Labute approximate surface area is 103 Å². The average Bonchev–Trinajstić information content (AvgIpc) is 2.97. The number of carbonyl (C=O) groups excluding carboxylic acids is 1. The van der Waals surface area contributed by atoms with Crippen LogP contribution in [-0.4, -0.2) is 12.4 Å². The van der Waals surface area contributed by atoms with Gasteiger partial charge in [0.05, 0.1) is 18.4 Å². The summed E-state index contributed by atoms with van der Waals surface area (Å²) in [7, 11) is 0. The molecule has 0 amide bonds. The number of carbonyl (C=O) groups is 1. The molecule has 0 spiro atoms. The summed E-state index contributed by atoms with van der Waals surface area (Å²) in [6.07, 6.45) is 2.26. The summed E-state index contributed by atoms with van der Waals surface area (Å²) in [5, 5.41) is 0.546. The monoisotopic (exact) mass is 248 g/mol. The molecule has 0 saturated carbocycles. The topological polar surface area (TPSA) is 39.4 Å². The highest BCUT2D eigenvalue weighted by atomic mass is 35.5. The van der Waals surface area contributed by atoms with E-state index in [9.17, 15) is 4.79 Å². The summed E-state index contributed by atoms with van der Waals surface area (Å²) in [5.74, 6) is 0.733. The van der Waals surface area contributed by atoms with Gasteiger partial charge >= 0.3 is 0 Å². The maximum Gasteiger partial charge on any atom is 0.231 e. The lowest BCUT2D eigenvalue weighted by molar-refractivity contribution is 0.101. The van der Waals surface area contributed by atoms with Gasteiger partial charge in [-0.05, 0) is 29.8 Å². The van der Waals surface area contributed by atoms with E-state index in [1.165, 1.54) is 6.26 Å². The number of halogens is 1. The quantitative estimate of drug-likeness (QED) is 0.767. The lowest BCUT2D eigenvalue weighted by atomic mass is 10.0. The van der Waals surface area contributed by atoms with Gasteiger partial charge in [0.25, 0.3) is 0 Å². The lowest BCUT2D eigenvalue weighted by Crippen LogP contribution is -2.02. The zero-order valence-corrected chi connectivity index (χ0v) is 9.66. The van der Waals surface area contributed by atoms with Crippen molar-refractivity contribution in [1.29, 1.82) is 0 Å². The van der Waals surface area contributed by atoms with E-state index in [-0.39, 0.29) is 5.78 Å². The van der Waals surface area contributed by atoms with Crippen LogP contribution in [0.15, 0.2) is 34.9 Å². The second-order valence-corrected chi connectivity index (χ2v) is 4.28. The Morgan fingerprint density at radius 2 is 2.24 bits per heavy atom. The van der Waals surface area contributed by atoms with E-state index in [0.717, 1.165) is 12.0 Å². The first-order chi connectivity index (χ1) is 8.25. The molecule has 0 fully saturated rings. The predicted molar refractivity (Wildman–Crippen MR) is 62.8 cm³/mol. The fraction of sp³-hybridized carbons (Fsp3) is 0.154. The minimum absolute atomic E-state index is 0.198. The van der Waals surface area contributed by atoms with E-state index in [1.807, 2.05) is 6.07 Å². The molecule has 17 heavy (non-hydrogen) atoms. The lowest BCUT2D eigenvalue weighted by Gasteiger charge is -2.06. The third-order valence-corrected chi connectivity index (χ3v) is 2.96. The van der Waals surface area contributed by atoms with Crippen molar-refractivity contribution in [3.05, 3.63) is 52.4 Å². The highest BCUT2D eigenvalue weighted by molar-refractivity contribution is 6.31. The first kappa shape index (κ1) is 10.4. The molecule has 86 valence electrons. The predicted octanol–water partition coefficient (Wildman–Crippen LogP) is 3.10. The summed E-state index contributed by atoms with van der Waals surface area (Å²) < 4.78 is 10.6. The zero-order chi connectivity index (χ0) is 11.8. The normalized spacial score (nSPS) is 13.2. The summed E-state index contributed by atoms with van der Waals surface area (Å²) >= 11 is 6.00. The Morgan fingerprint density at radius 1 is 1.35 bits per heavy atom. The second kappa shape index (κ2) is 3.93. The number of ketones is 1. The van der Waals surface area contributed by atoms with Crippen molar-refractivity contribution in [2.75, 3.05) is 6.61 Å². The molecule has 1 aliphatic heterocycles. The third kappa shape index (κ3) is 1.72. The number of benzene rings is 1. The SMILES string of the molecule is O=C(c1ccco1)c1cc(Cl)cc2c1OCC2. The molecule has 1 aromatic heterocycles. The van der Waals surface area contributed by atoms with Gasteiger partial charge in [0.2, 0.25) is 5.78 Å². The Bertz CT molecular complexity index is 573. The van der Waals surface area contributed by atoms with Crippen molar-refractivity contribution in [1.82, 2.24) is 0 Å². The molecule has 3 nitrogen and oxygen atoms in total. The van der Waals surface area contributed by atoms with Gasteiger partial charge in [-0.2, -0.15) is 0 Å². The van der Waals surface area contributed by atoms with E-state index >= 15 is 0 Å². The van der Waals surface area contributed by atoms with Crippen LogP contribution in [0.5, 0.6) is 5.75 Å². The number of rotatable bonds is 2. The number of hydrogen-bond acceptors (Lipinski definition) is 3. The first-order valence-corrected chi connectivity index (χ1v) is 5.67. The molecule has 2 heterocycles. The van der Waals surface area contributed by atoms with Crippen molar-refractivity contribution in [3.8, 4) is 5.75 Å². The smallest absolute Gasteiger partial charge is 0.231 e. The van der Waals surface area contributed by atoms with Crippen molar-refractivity contribution >= 4 is 17.4 Å². The van der Waals surface area contributed by atoms with Crippen molar-refractivity contribution in [2.24, 2.45) is 0 Å². The maximum absolute atomic E-state index is 12.2. The van der Waals surface area contributed by atoms with Crippen LogP contribution in [-0.2, 0) is 6.42 Å². The molecule has 0 bridgehead atoms. The Kier molecular flexibility index (Phi) is 2.41. The zero-order valence-electron chi connectivity index (χ0n) is 8.90. The van der Waals surface area contributed by atoms with Crippen molar-refractivity contribution in [3.63, 3.8) is 0 Å². The van der Waals surface area contributed by atoms with Crippen LogP contribution in [0.4, 0.5) is 0 Å². The van der Waals surface area contributed by atoms with Gasteiger partial charge < -0.3 is 9.15 Å². The van der Waals surface area contributed by atoms with Gasteiger partial charge in [-0.15, -0.1) is 0 Å². The van der Waals surface area contributed by atoms with E-state index < -0.39 is 0 Å². The van der Waals surface area contributed by atoms with E-state index in [4.69, 9.17) is 20.8 Å². The second-order valence-electron chi connectivity index (χ2n) is 3.85. The van der Waals surface area contributed by atoms with Gasteiger partial charge in [0.1, 0.15) is 5.75 Å². The van der Waals surface area contributed by atoms with Crippen LogP contribution >= 0.6 is 11.6 Å². The van der Waals surface area contributed by atoms with Crippen LogP contribution in [0.25, 0.3) is 0 Å². The van der Waals surface area contributed by atoms with Crippen LogP contribution < -0.4 is 4.74 Å². The van der Waals surface area contributed by atoms with Crippen LogP contribution in [0.3, 0.4) is 0 Å². The maximum atomic E-state index is 12.2. The highest BCUT2D eigenvalue weighted by Crippen LogP contribution is 2.34. The average molecular weight is 249 g/mol. The number of hydrogen-bond donors (Lipinski definition) is 0. The summed E-state index contributed by atoms with van der Waals surface area (Å²) in [4.78, 5) is 12.2. The van der Waals surface area contributed by atoms with Crippen LogP contribution in [0, 0.1) is 0 Å². The highest BCUT2D eigenvalue weighted by Gasteiger charge is 2.24. The summed E-state index contributed by atoms with van der Waals surface area (Å²) in [5.41, 5.74) is 1.45. The minimum atomic E-state index is -0.198. The van der Waals surface area contributed by atoms with E-state index in [1.54, 1.807) is 18.2 Å². The summed E-state index contributed by atoms with van der Waals surface area (Å²) in [6.45, 7) is 0.591. The minimum Gasteiger partial charge on any atom is -0.492 e.